The van der Waals surface area contributed by atoms with Crippen LogP contribution in [0.25, 0.3) is 6.08 Å². The van der Waals surface area contributed by atoms with E-state index in [1.807, 2.05) is 11.4 Å². The first kappa shape index (κ1) is 20.5. The van der Waals surface area contributed by atoms with Crippen molar-refractivity contribution in [2.75, 3.05) is 13.1 Å². The first-order valence-corrected chi connectivity index (χ1v) is 11.7. The maximum absolute atomic E-state index is 14.6. The molecular weight excluding hydrogens is 405 g/mol. The zero-order valence-corrected chi connectivity index (χ0v) is 18.0. The van der Waals surface area contributed by atoms with Crippen LogP contribution in [0.2, 0.25) is 0 Å². The maximum atomic E-state index is 14.6. The topological polar surface area (TPSA) is 37.4 Å². The number of Topliss-reactive ketones (excluding diaryl/α,β-unsaturated/α-hetero) is 1. The molecule has 2 heterocycles. The Hall–Kier alpha value is -1.76. The second-order valence-electron chi connectivity index (χ2n) is 7.69. The molecule has 1 aliphatic carbocycles. The lowest BCUT2D eigenvalue weighted by Crippen LogP contribution is -2.43. The summed E-state index contributed by atoms with van der Waals surface area (Å²) >= 11 is 3.01. The molecule has 1 aromatic carbocycles. The van der Waals surface area contributed by atoms with Crippen molar-refractivity contribution in [1.82, 2.24) is 4.90 Å². The number of hydrogen-bond acceptors (Lipinski definition) is 5. The van der Waals surface area contributed by atoms with Gasteiger partial charge in [0.2, 0.25) is 0 Å². The van der Waals surface area contributed by atoms with E-state index in [4.69, 9.17) is 0 Å². The Kier molecular flexibility index (Phi) is 6.32. The van der Waals surface area contributed by atoms with Crippen molar-refractivity contribution in [3.05, 3.63) is 63.6 Å². The molecule has 0 amide bonds. The van der Waals surface area contributed by atoms with E-state index < -0.39 is 6.04 Å². The van der Waals surface area contributed by atoms with Crippen LogP contribution < -0.4 is 0 Å². The minimum atomic E-state index is -0.557. The van der Waals surface area contributed by atoms with E-state index >= 15 is 0 Å². The summed E-state index contributed by atoms with van der Waals surface area (Å²) in [4.78, 5) is 28.2. The van der Waals surface area contributed by atoms with Crippen LogP contribution in [0.5, 0.6) is 0 Å². The Bertz CT molecular complexity index is 921. The molecule has 6 heteroatoms. The number of thioether (sulfide) groups is 1. The minimum Gasteiger partial charge on any atom is -0.297 e. The minimum absolute atomic E-state index is 0.0497. The number of carbonyl (C=O) groups excluding carboxylic acids is 2. The highest BCUT2D eigenvalue weighted by molar-refractivity contribution is 8.14. The second kappa shape index (κ2) is 8.94. The summed E-state index contributed by atoms with van der Waals surface area (Å²) in [5.74, 6) is -0.146. The lowest BCUT2D eigenvalue weighted by atomic mass is 9.93. The van der Waals surface area contributed by atoms with Gasteiger partial charge in [0.05, 0.1) is 6.04 Å². The fraction of sp³-hybridized carbons (Fsp3) is 0.391. The molecule has 0 bridgehead atoms. The number of ketones is 1. The van der Waals surface area contributed by atoms with E-state index in [-0.39, 0.29) is 27.9 Å². The number of likely N-dealkylation sites (tertiary alicyclic amines) is 1. The van der Waals surface area contributed by atoms with Gasteiger partial charge in [-0.15, -0.1) is 11.3 Å². The van der Waals surface area contributed by atoms with Gasteiger partial charge in [-0.1, -0.05) is 36.0 Å². The van der Waals surface area contributed by atoms with Gasteiger partial charge in [-0.25, -0.2) is 4.39 Å². The molecule has 1 aromatic heterocycles. The predicted octanol–water partition coefficient (Wildman–Crippen LogP) is 5.35. The monoisotopic (exact) mass is 429 g/mol. The zero-order chi connectivity index (χ0) is 20.4. The highest BCUT2D eigenvalue weighted by Crippen LogP contribution is 2.40. The smallest absolute Gasteiger partial charge is 0.186 e. The number of halogens is 1. The summed E-state index contributed by atoms with van der Waals surface area (Å²) in [6.45, 7) is 2.84. The van der Waals surface area contributed by atoms with Crippen molar-refractivity contribution in [1.29, 1.82) is 0 Å². The summed E-state index contributed by atoms with van der Waals surface area (Å²) < 4.78 is 14.6. The van der Waals surface area contributed by atoms with Crippen LogP contribution in [0.3, 0.4) is 0 Å². The van der Waals surface area contributed by atoms with Crippen molar-refractivity contribution in [2.24, 2.45) is 5.92 Å². The van der Waals surface area contributed by atoms with E-state index in [1.54, 1.807) is 36.5 Å². The van der Waals surface area contributed by atoms with Gasteiger partial charge in [0, 0.05) is 41.6 Å². The molecule has 2 fully saturated rings. The molecule has 2 aliphatic rings. The van der Waals surface area contributed by atoms with Gasteiger partial charge in [-0.05, 0) is 48.4 Å². The highest BCUT2D eigenvalue weighted by atomic mass is 32.2. The summed E-state index contributed by atoms with van der Waals surface area (Å²) in [5, 5.41) is 2.22. The van der Waals surface area contributed by atoms with E-state index in [1.165, 1.54) is 17.8 Å². The van der Waals surface area contributed by atoms with Crippen LogP contribution in [-0.2, 0) is 9.59 Å². The van der Waals surface area contributed by atoms with E-state index in [2.05, 4.69) is 17.0 Å². The number of nitrogens with zero attached hydrogens (tertiary/aromatic N) is 1. The molecular formula is C23H24FNO2S2. The van der Waals surface area contributed by atoms with Crippen LogP contribution in [0.1, 0.15) is 42.7 Å². The number of hydrogen-bond donors (Lipinski definition) is 0. The molecule has 2 unspecified atom stereocenters. The Labute approximate surface area is 179 Å². The van der Waals surface area contributed by atoms with Crippen LogP contribution in [0.15, 0.2) is 47.4 Å². The molecule has 0 N–H and O–H groups in total. The van der Waals surface area contributed by atoms with Gasteiger partial charge in [0.1, 0.15) is 5.82 Å². The Balaban J connectivity index is 1.66. The first-order chi connectivity index (χ1) is 14.0. The molecule has 3 nitrogen and oxygen atoms in total. The van der Waals surface area contributed by atoms with Gasteiger partial charge in [0.15, 0.2) is 10.9 Å². The van der Waals surface area contributed by atoms with Gasteiger partial charge in [-0.2, -0.15) is 0 Å². The third-order valence-corrected chi connectivity index (χ3v) is 7.45. The summed E-state index contributed by atoms with van der Waals surface area (Å²) in [5.41, 5.74) is 1.60. The lowest BCUT2D eigenvalue weighted by molar-refractivity contribution is -0.126. The van der Waals surface area contributed by atoms with Gasteiger partial charge < -0.3 is 0 Å². The standard InChI is InChI=1S/C23H24FNO2S2/c1-15(26)29-21-10-11-25(14-17(21)13-18-5-4-12-28-18)22(23(27)16-8-9-16)19-6-2-3-7-20(19)24/h2-7,12-13,16,21-22H,8-11,14H2,1H3/b17-13-. The molecule has 2 atom stereocenters. The van der Waals surface area contributed by atoms with Gasteiger partial charge in [0.25, 0.3) is 0 Å². The highest BCUT2D eigenvalue weighted by Gasteiger charge is 2.41. The summed E-state index contributed by atoms with van der Waals surface area (Å²) in [6.07, 6.45) is 4.71. The fourth-order valence-corrected chi connectivity index (χ4v) is 5.56. The van der Waals surface area contributed by atoms with E-state index in [0.717, 1.165) is 29.7 Å². The average molecular weight is 430 g/mol. The van der Waals surface area contributed by atoms with Crippen LogP contribution in [0, 0.1) is 11.7 Å². The Morgan fingerprint density at radius 1 is 1.21 bits per heavy atom. The van der Waals surface area contributed by atoms with Crippen LogP contribution in [-0.4, -0.2) is 34.1 Å². The Morgan fingerprint density at radius 2 is 2.00 bits per heavy atom. The average Bonchev–Trinajstić information content (AvgIpc) is 3.42. The molecule has 1 saturated carbocycles. The third kappa shape index (κ3) is 4.87. The molecule has 0 radical (unpaired) electrons. The zero-order valence-electron chi connectivity index (χ0n) is 16.3. The van der Waals surface area contributed by atoms with E-state index in [0.29, 0.717) is 18.7 Å². The van der Waals surface area contributed by atoms with Gasteiger partial charge >= 0.3 is 0 Å². The summed E-state index contributed by atoms with van der Waals surface area (Å²) in [6, 6.07) is 10.1. The molecule has 0 spiro atoms. The SMILES string of the molecule is CC(=O)SC1CCN(C(C(=O)C2CC2)c2ccccc2F)C/C1=C/c1cccs1. The van der Waals surface area contributed by atoms with Crippen LogP contribution >= 0.6 is 23.1 Å². The van der Waals surface area contributed by atoms with Crippen molar-refractivity contribution in [2.45, 2.75) is 37.5 Å². The normalized spacial score (nSPS) is 22.6. The quantitative estimate of drug-likeness (QED) is 0.621. The fourth-order valence-electron chi connectivity index (χ4n) is 3.95. The van der Waals surface area contributed by atoms with Gasteiger partial charge in [-0.3, -0.25) is 14.5 Å². The lowest BCUT2D eigenvalue weighted by Gasteiger charge is -2.38. The van der Waals surface area contributed by atoms with Crippen molar-refractivity contribution >= 4 is 40.1 Å². The number of piperidine rings is 1. The molecule has 1 saturated heterocycles. The number of benzene rings is 1. The number of rotatable bonds is 6. The van der Waals surface area contributed by atoms with Crippen molar-refractivity contribution in [3.8, 4) is 0 Å². The first-order valence-electron chi connectivity index (χ1n) is 9.96. The van der Waals surface area contributed by atoms with E-state index in [9.17, 15) is 14.0 Å². The number of carbonyl (C=O) groups is 2. The molecule has 2 aromatic rings. The second-order valence-corrected chi connectivity index (χ2v) is 10.1. The molecule has 4 rings (SSSR count). The Morgan fingerprint density at radius 3 is 2.66 bits per heavy atom. The molecule has 1 aliphatic heterocycles. The predicted molar refractivity (Wildman–Crippen MR) is 117 cm³/mol. The maximum Gasteiger partial charge on any atom is 0.186 e. The van der Waals surface area contributed by atoms with Crippen LogP contribution in [0.4, 0.5) is 4.39 Å². The largest absolute Gasteiger partial charge is 0.297 e. The molecule has 152 valence electrons. The third-order valence-electron chi connectivity index (χ3n) is 5.47. The molecule has 29 heavy (non-hydrogen) atoms. The van der Waals surface area contributed by atoms with Crippen molar-refractivity contribution in [3.63, 3.8) is 0 Å². The summed E-state index contributed by atoms with van der Waals surface area (Å²) in [7, 11) is 0. The number of thiophene rings is 1. The van der Waals surface area contributed by atoms with Crippen molar-refractivity contribution < 1.29 is 14.0 Å².